The van der Waals surface area contributed by atoms with Crippen molar-refractivity contribution in [3.63, 3.8) is 0 Å². The molecule has 0 spiro atoms. The number of benzene rings is 1. The number of aryl methyl sites for hydroxylation is 1. The Kier molecular flexibility index (Phi) is 6.09. The lowest BCUT2D eigenvalue weighted by Crippen LogP contribution is -2.14. The zero-order valence-electron chi connectivity index (χ0n) is 13.4. The molecule has 0 bridgehead atoms. The Morgan fingerprint density at radius 3 is 2.69 bits per heavy atom. The van der Waals surface area contributed by atoms with Crippen molar-refractivity contribution in [3.05, 3.63) is 68.6 Å². The maximum atomic E-state index is 12.7. The lowest BCUT2D eigenvalue weighted by Gasteiger charge is -2.11. The van der Waals surface area contributed by atoms with Crippen LogP contribution in [0.1, 0.15) is 21.8 Å². The molecule has 0 aliphatic carbocycles. The van der Waals surface area contributed by atoms with Crippen LogP contribution in [0.15, 0.2) is 46.1 Å². The number of rotatable bonds is 5. The van der Waals surface area contributed by atoms with Gasteiger partial charge in [-0.25, -0.2) is 4.98 Å². The zero-order chi connectivity index (χ0) is 18.7. The van der Waals surface area contributed by atoms with E-state index in [1.54, 1.807) is 18.3 Å². The molecule has 26 heavy (non-hydrogen) atoms. The standard InChI is InChI=1S/C17H12Cl3N3O2S/c1-9-5-10(23-25-9)8-26-17-11(3-2-4-21-17)16(24)22-15-7-13(19)12(18)6-14(15)20/h2-7H,8H2,1H3,(H,22,24). The fourth-order valence-electron chi connectivity index (χ4n) is 2.11. The Hall–Kier alpha value is -1.73. The molecule has 1 N–H and O–H groups in total. The number of thioether (sulfide) groups is 1. The van der Waals surface area contributed by atoms with Gasteiger partial charge in [0.15, 0.2) is 0 Å². The van der Waals surface area contributed by atoms with E-state index in [0.717, 1.165) is 11.5 Å². The van der Waals surface area contributed by atoms with Crippen molar-refractivity contribution in [1.29, 1.82) is 0 Å². The second-order valence-corrected chi connectivity index (χ2v) is 7.46. The van der Waals surface area contributed by atoms with Gasteiger partial charge in [0.1, 0.15) is 10.8 Å². The maximum absolute atomic E-state index is 12.7. The molecular weight excluding hydrogens is 417 g/mol. The van der Waals surface area contributed by atoms with Crippen LogP contribution in [0, 0.1) is 6.92 Å². The molecule has 3 aromatic rings. The first-order valence-electron chi connectivity index (χ1n) is 7.40. The van der Waals surface area contributed by atoms with Crippen molar-refractivity contribution in [2.24, 2.45) is 0 Å². The molecule has 0 saturated carbocycles. The van der Waals surface area contributed by atoms with E-state index >= 15 is 0 Å². The molecule has 2 heterocycles. The van der Waals surface area contributed by atoms with E-state index in [2.05, 4.69) is 15.5 Å². The summed E-state index contributed by atoms with van der Waals surface area (Å²) >= 11 is 19.4. The minimum absolute atomic E-state index is 0.295. The fourth-order valence-corrected chi connectivity index (χ4v) is 3.58. The number of hydrogen-bond donors (Lipinski definition) is 1. The first-order valence-corrected chi connectivity index (χ1v) is 9.52. The first kappa shape index (κ1) is 19.0. The van der Waals surface area contributed by atoms with Gasteiger partial charge in [-0.1, -0.05) is 51.7 Å². The topological polar surface area (TPSA) is 68.0 Å². The van der Waals surface area contributed by atoms with E-state index < -0.39 is 0 Å². The van der Waals surface area contributed by atoms with Crippen molar-refractivity contribution < 1.29 is 9.32 Å². The molecule has 0 unspecified atom stereocenters. The highest BCUT2D eigenvalue weighted by atomic mass is 35.5. The fraction of sp³-hybridized carbons (Fsp3) is 0.118. The average molecular weight is 429 g/mol. The quantitative estimate of drug-likeness (QED) is 0.406. The molecule has 0 aliphatic rings. The molecule has 0 fully saturated rings. The molecule has 1 aromatic carbocycles. The van der Waals surface area contributed by atoms with E-state index in [1.807, 2.05) is 13.0 Å². The molecule has 1 amide bonds. The van der Waals surface area contributed by atoms with Crippen LogP contribution in [-0.4, -0.2) is 16.0 Å². The lowest BCUT2D eigenvalue weighted by molar-refractivity contribution is 0.102. The number of aromatic nitrogens is 2. The molecule has 0 saturated heterocycles. The smallest absolute Gasteiger partial charge is 0.258 e. The van der Waals surface area contributed by atoms with Gasteiger partial charge in [0, 0.05) is 18.0 Å². The first-order chi connectivity index (χ1) is 12.4. The SMILES string of the molecule is Cc1cc(CSc2ncccc2C(=O)Nc2cc(Cl)c(Cl)cc2Cl)no1. The summed E-state index contributed by atoms with van der Waals surface area (Å²) in [6, 6.07) is 8.20. The van der Waals surface area contributed by atoms with Crippen LogP contribution >= 0.6 is 46.6 Å². The van der Waals surface area contributed by atoms with Crippen LogP contribution in [0.5, 0.6) is 0 Å². The van der Waals surface area contributed by atoms with Crippen LogP contribution < -0.4 is 5.32 Å². The summed E-state index contributed by atoms with van der Waals surface area (Å²) in [6.45, 7) is 1.82. The van der Waals surface area contributed by atoms with Gasteiger partial charge in [0.05, 0.1) is 32.0 Å². The van der Waals surface area contributed by atoms with Crippen molar-refractivity contribution in [2.45, 2.75) is 17.7 Å². The van der Waals surface area contributed by atoms with Gasteiger partial charge >= 0.3 is 0 Å². The van der Waals surface area contributed by atoms with Crippen molar-refractivity contribution in [1.82, 2.24) is 10.1 Å². The Labute approximate surface area is 169 Å². The maximum Gasteiger partial charge on any atom is 0.258 e. The lowest BCUT2D eigenvalue weighted by atomic mass is 10.2. The minimum Gasteiger partial charge on any atom is -0.361 e. The second kappa shape index (κ2) is 8.31. The second-order valence-electron chi connectivity index (χ2n) is 5.27. The number of anilines is 1. The zero-order valence-corrected chi connectivity index (χ0v) is 16.5. The van der Waals surface area contributed by atoms with Gasteiger partial charge < -0.3 is 9.84 Å². The van der Waals surface area contributed by atoms with Crippen LogP contribution in [0.3, 0.4) is 0 Å². The van der Waals surface area contributed by atoms with E-state index in [-0.39, 0.29) is 5.91 Å². The summed E-state index contributed by atoms with van der Waals surface area (Å²) in [5.74, 6) is 0.911. The monoisotopic (exact) mass is 427 g/mol. The highest BCUT2D eigenvalue weighted by Crippen LogP contribution is 2.33. The molecule has 0 radical (unpaired) electrons. The van der Waals surface area contributed by atoms with Gasteiger partial charge in [-0.3, -0.25) is 4.79 Å². The summed E-state index contributed by atoms with van der Waals surface area (Å²) in [5, 5.41) is 8.15. The van der Waals surface area contributed by atoms with Gasteiger partial charge in [0.25, 0.3) is 5.91 Å². The Bertz CT molecular complexity index is 962. The van der Waals surface area contributed by atoms with Crippen LogP contribution in [-0.2, 0) is 5.75 Å². The molecule has 3 rings (SSSR count). The van der Waals surface area contributed by atoms with Crippen LogP contribution in [0.2, 0.25) is 15.1 Å². The van der Waals surface area contributed by atoms with Gasteiger partial charge in [-0.05, 0) is 31.2 Å². The molecule has 134 valence electrons. The number of pyridine rings is 1. The van der Waals surface area contributed by atoms with Crippen LogP contribution in [0.4, 0.5) is 5.69 Å². The molecule has 5 nitrogen and oxygen atoms in total. The Morgan fingerprint density at radius 1 is 1.19 bits per heavy atom. The number of carbonyl (C=O) groups excluding carboxylic acids is 1. The van der Waals surface area contributed by atoms with Crippen molar-refractivity contribution >= 4 is 58.2 Å². The minimum atomic E-state index is -0.350. The third kappa shape index (κ3) is 4.51. The highest BCUT2D eigenvalue weighted by molar-refractivity contribution is 7.98. The third-order valence-electron chi connectivity index (χ3n) is 3.31. The summed E-state index contributed by atoms with van der Waals surface area (Å²) < 4.78 is 5.04. The van der Waals surface area contributed by atoms with E-state index in [0.29, 0.717) is 37.1 Å². The Balaban J connectivity index is 1.78. The van der Waals surface area contributed by atoms with Gasteiger partial charge in [-0.2, -0.15) is 0 Å². The highest BCUT2D eigenvalue weighted by Gasteiger charge is 2.16. The van der Waals surface area contributed by atoms with Gasteiger partial charge in [-0.15, -0.1) is 0 Å². The largest absolute Gasteiger partial charge is 0.361 e. The van der Waals surface area contributed by atoms with Crippen molar-refractivity contribution in [3.8, 4) is 0 Å². The summed E-state index contributed by atoms with van der Waals surface area (Å²) in [4.78, 5) is 16.9. The molecule has 2 aromatic heterocycles. The number of amides is 1. The normalized spacial score (nSPS) is 10.8. The predicted octanol–water partition coefficient (Wildman–Crippen LogP) is 5.88. The molecule has 0 atom stereocenters. The summed E-state index contributed by atoms with van der Waals surface area (Å²) in [6.07, 6.45) is 1.62. The number of hydrogen-bond acceptors (Lipinski definition) is 5. The number of nitrogens with zero attached hydrogens (tertiary/aromatic N) is 2. The van der Waals surface area contributed by atoms with E-state index in [4.69, 9.17) is 39.3 Å². The molecule has 0 aliphatic heterocycles. The third-order valence-corrected chi connectivity index (χ3v) is 5.38. The number of nitrogens with one attached hydrogen (secondary N) is 1. The number of halogens is 3. The van der Waals surface area contributed by atoms with E-state index in [9.17, 15) is 4.79 Å². The number of carbonyl (C=O) groups is 1. The summed E-state index contributed by atoms with van der Waals surface area (Å²) in [5.41, 5.74) is 1.56. The Morgan fingerprint density at radius 2 is 1.96 bits per heavy atom. The summed E-state index contributed by atoms with van der Waals surface area (Å²) in [7, 11) is 0. The molecular formula is C17H12Cl3N3O2S. The predicted molar refractivity (Wildman–Crippen MR) is 104 cm³/mol. The van der Waals surface area contributed by atoms with E-state index in [1.165, 1.54) is 23.9 Å². The van der Waals surface area contributed by atoms with Crippen LogP contribution in [0.25, 0.3) is 0 Å². The average Bonchev–Trinajstić information content (AvgIpc) is 3.03. The van der Waals surface area contributed by atoms with Gasteiger partial charge in [0.2, 0.25) is 0 Å². The molecule has 9 heteroatoms. The van der Waals surface area contributed by atoms with Crippen molar-refractivity contribution in [2.75, 3.05) is 5.32 Å².